The van der Waals surface area contributed by atoms with Gasteiger partial charge in [-0.3, -0.25) is 0 Å². The van der Waals surface area contributed by atoms with E-state index in [1.807, 2.05) is 0 Å². The summed E-state index contributed by atoms with van der Waals surface area (Å²) in [7, 11) is 0. The molecule has 1 N–H and O–H groups in total. The maximum Gasteiger partial charge on any atom is 0.125 e. The van der Waals surface area contributed by atoms with Gasteiger partial charge in [0.2, 0.25) is 0 Å². The summed E-state index contributed by atoms with van der Waals surface area (Å²) in [5.74, 6) is 0. The van der Waals surface area contributed by atoms with E-state index in [0.29, 0.717) is 5.66 Å². The topological polar surface area (TPSA) is 15.0 Å². The minimum atomic E-state index is 0.314. The first-order chi connectivity index (χ1) is 4.13. The van der Waals surface area contributed by atoms with Crippen molar-refractivity contribution in [2.75, 3.05) is 6.54 Å². The Hall–Kier alpha value is -0.660. The predicted octanol–water partition coefficient (Wildman–Crippen LogP) is 0.873. The Bertz CT molecular complexity index is 195. The van der Waals surface area contributed by atoms with E-state index >= 15 is 0 Å². The zero-order valence-corrected chi connectivity index (χ0v) is 6.15. The molecule has 1 fully saturated rings. The van der Waals surface area contributed by atoms with Gasteiger partial charge in [-0.2, -0.15) is 0 Å². The molecule has 1 atom stereocenters. The van der Waals surface area contributed by atoms with Gasteiger partial charge >= 0.3 is 0 Å². The number of hydrogen-bond acceptors (Lipinski definition) is 2. The van der Waals surface area contributed by atoms with Gasteiger partial charge in [-0.25, -0.2) is 0 Å². The van der Waals surface area contributed by atoms with E-state index in [0.717, 1.165) is 0 Å². The molecule has 2 rings (SSSR count). The molecule has 2 heterocycles. The second-order valence-electron chi connectivity index (χ2n) is 3.20. The van der Waals surface area contributed by atoms with E-state index in [9.17, 15) is 0 Å². The van der Waals surface area contributed by atoms with Gasteiger partial charge in [0.15, 0.2) is 0 Å². The van der Waals surface area contributed by atoms with Gasteiger partial charge in [0.1, 0.15) is 5.66 Å². The average Bonchev–Trinajstić information content (AvgIpc) is 2.34. The van der Waals surface area contributed by atoms with Crippen LogP contribution in [0.2, 0.25) is 0 Å². The molecule has 0 bridgehead atoms. The lowest BCUT2D eigenvalue weighted by atomic mass is 10.3. The van der Waals surface area contributed by atoms with Gasteiger partial charge < -0.3 is 10.2 Å². The van der Waals surface area contributed by atoms with Crippen molar-refractivity contribution in [1.82, 2.24) is 10.2 Å². The molecule has 0 aromatic rings. The molecule has 9 heavy (non-hydrogen) atoms. The largest absolute Gasteiger partial charge is 0.364 e. The van der Waals surface area contributed by atoms with Crippen LogP contribution in [0.15, 0.2) is 11.4 Å². The van der Waals surface area contributed by atoms with Crippen molar-refractivity contribution in [3.63, 3.8) is 0 Å². The fourth-order valence-electron chi connectivity index (χ4n) is 1.57. The summed E-state index contributed by atoms with van der Waals surface area (Å²) in [5, 5.41) is 3.42. The fourth-order valence-corrected chi connectivity index (χ4v) is 1.57. The van der Waals surface area contributed by atoms with Crippen molar-refractivity contribution in [1.29, 1.82) is 0 Å². The lowest BCUT2D eigenvalue weighted by Gasteiger charge is -2.04. The minimum Gasteiger partial charge on any atom is -0.364 e. The first kappa shape index (κ1) is 5.15. The van der Waals surface area contributed by atoms with Crippen LogP contribution in [0.1, 0.15) is 20.8 Å². The smallest absolute Gasteiger partial charge is 0.125 e. The molecule has 0 spiro atoms. The Morgan fingerprint density at radius 2 is 2.22 bits per heavy atom. The second kappa shape index (κ2) is 1.11. The van der Waals surface area contributed by atoms with E-state index in [1.165, 1.54) is 17.9 Å². The summed E-state index contributed by atoms with van der Waals surface area (Å²) in [4.78, 5) is 2.38. The molecule has 2 aliphatic rings. The van der Waals surface area contributed by atoms with Crippen LogP contribution in [0.4, 0.5) is 0 Å². The first-order valence-corrected chi connectivity index (χ1v) is 3.37. The lowest BCUT2D eigenvalue weighted by Crippen LogP contribution is -2.25. The van der Waals surface area contributed by atoms with Gasteiger partial charge in [0.25, 0.3) is 0 Å². The molecule has 2 nitrogen and oxygen atoms in total. The van der Waals surface area contributed by atoms with Crippen LogP contribution in [-0.4, -0.2) is 17.1 Å². The van der Waals surface area contributed by atoms with Crippen LogP contribution in [0.25, 0.3) is 0 Å². The van der Waals surface area contributed by atoms with Gasteiger partial charge in [0.05, 0.1) is 6.54 Å². The van der Waals surface area contributed by atoms with Gasteiger partial charge in [-0.1, -0.05) is 0 Å². The third-order valence-electron chi connectivity index (χ3n) is 2.36. The normalized spacial score (nSPS) is 38.8. The number of hydrogen-bond donors (Lipinski definition) is 1. The summed E-state index contributed by atoms with van der Waals surface area (Å²) >= 11 is 0. The maximum atomic E-state index is 3.42. The predicted molar refractivity (Wildman–Crippen MR) is 36.6 cm³/mol. The van der Waals surface area contributed by atoms with Gasteiger partial charge in [-0.15, -0.1) is 0 Å². The van der Waals surface area contributed by atoms with Crippen LogP contribution in [0, 0.1) is 0 Å². The van der Waals surface area contributed by atoms with E-state index in [4.69, 9.17) is 0 Å². The van der Waals surface area contributed by atoms with E-state index in [2.05, 4.69) is 31.0 Å². The van der Waals surface area contributed by atoms with Crippen molar-refractivity contribution in [3.05, 3.63) is 11.4 Å². The molecular weight excluding hydrogens is 112 g/mol. The first-order valence-electron chi connectivity index (χ1n) is 3.37. The highest BCUT2D eigenvalue weighted by Gasteiger charge is 2.52. The Kier molecular flexibility index (Phi) is 0.632. The van der Waals surface area contributed by atoms with Crippen LogP contribution < -0.4 is 5.32 Å². The number of nitrogens with one attached hydrogen (secondary N) is 1. The Balaban J connectivity index is 2.31. The standard InChI is InChI=1S/C7H12N2/c1-5-6(2)9-4-7(9,3)8-5/h8H,4H2,1-3H3/t7-,9?/m0/s1. The molecule has 2 aliphatic heterocycles. The molecule has 0 aromatic heterocycles. The molecule has 2 heteroatoms. The SMILES string of the molecule is CC1=C(C)N2C[C@@]2(C)N1. The van der Waals surface area contributed by atoms with Crippen LogP contribution in [0.3, 0.4) is 0 Å². The lowest BCUT2D eigenvalue weighted by molar-refractivity contribution is 0.507. The molecule has 0 radical (unpaired) electrons. The van der Waals surface area contributed by atoms with Crippen molar-refractivity contribution in [2.45, 2.75) is 26.4 Å². The van der Waals surface area contributed by atoms with Gasteiger partial charge in [-0.05, 0) is 20.8 Å². The Morgan fingerprint density at radius 3 is 2.44 bits per heavy atom. The summed E-state index contributed by atoms with van der Waals surface area (Å²) in [6.07, 6.45) is 0. The zero-order valence-electron chi connectivity index (χ0n) is 6.15. The van der Waals surface area contributed by atoms with Gasteiger partial charge in [0, 0.05) is 11.4 Å². The number of allylic oxidation sites excluding steroid dienone is 2. The van der Waals surface area contributed by atoms with E-state index in [1.54, 1.807) is 0 Å². The minimum absolute atomic E-state index is 0.314. The Labute approximate surface area is 55.5 Å². The van der Waals surface area contributed by atoms with Crippen LogP contribution in [-0.2, 0) is 0 Å². The van der Waals surface area contributed by atoms with Crippen molar-refractivity contribution in [2.24, 2.45) is 0 Å². The zero-order chi connectivity index (χ0) is 6.65. The molecule has 0 aliphatic carbocycles. The summed E-state index contributed by atoms with van der Waals surface area (Å²) in [6, 6.07) is 0. The summed E-state index contributed by atoms with van der Waals surface area (Å²) in [5.41, 5.74) is 3.06. The number of nitrogens with zero attached hydrogens (tertiary/aromatic N) is 1. The fraction of sp³-hybridized carbons (Fsp3) is 0.714. The third kappa shape index (κ3) is 0.460. The maximum absolute atomic E-state index is 3.42. The summed E-state index contributed by atoms with van der Waals surface area (Å²) < 4.78 is 0. The molecule has 0 aromatic carbocycles. The monoisotopic (exact) mass is 124 g/mol. The van der Waals surface area contributed by atoms with E-state index < -0.39 is 0 Å². The Morgan fingerprint density at radius 1 is 1.56 bits per heavy atom. The molecule has 0 saturated carbocycles. The third-order valence-corrected chi connectivity index (χ3v) is 2.36. The highest BCUT2D eigenvalue weighted by molar-refractivity contribution is 5.28. The van der Waals surface area contributed by atoms with Crippen molar-refractivity contribution >= 4 is 0 Å². The number of rotatable bonds is 0. The summed E-state index contributed by atoms with van der Waals surface area (Å²) in [6.45, 7) is 7.72. The van der Waals surface area contributed by atoms with E-state index in [-0.39, 0.29) is 0 Å². The highest BCUT2D eigenvalue weighted by Crippen LogP contribution is 2.40. The van der Waals surface area contributed by atoms with Crippen LogP contribution in [0.5, 0.6) is 0 Å². The molecule has 0 amide bonds. The molecule has 50 valence electrons. The van der Waals surface area contributed by atoms with Crippen molar-refractivity contribution in [3.8, 4) is 0 Å². The number of fused-ring (bicyclic) bond motifs is 1. The van der Waals surface area contributed by atoms with Crippen LogP contribution >= 0.6 is 0 Å². The molecular formula is C7H12N2. The average molecular weight is 124 g/mol. The molecule has 1 saturated heterocycles. The second-order valence-corrected chi connectivity index (χ2v) is 3.20. The van der Waals surface area contributed by atoms with Crippen molar-refractivity contribution < 1.29 is 0 Å². The molecule has 0 unspecified atom stereocenters. The quantitative estimate of drug-likeness (QED) is 0.482. The highest BCUT2D eigenvalue weighted by atomic mass is 15.5.